The molecule has 0 spiro atoms. The van der Waals surface area contributed by atoms with E-state index >= 15 is 0 Å². The minimum Gasteiger partial charge on any atom is -0.486 e. The Labute approximate surface area is 196 Å². The predicted molar refractivity (Wildman–Crippen MR) is 126 cm³/mol. The number of nitrogens with one attached hydrogen (secondary N) is 3. The Kier molecular flexibility index (Phi) is 4.46. The molecule has 1 fully saturated rings. The zero-order valence-corrected chi connectivity index (χ0v) is 18.7. The average Bonchev–Trinajstić information content (AvgIpc) is 3.39. The van der Waals surface area contributed by atoms with E-state index in [2.05, 4.69) is 20.6 Å². The van der Waals surface area contributed by atoms with Crippen LogP contribution in [0.25, 0.3) is 32.0 Å². The van der Waals surface area contributed by atoms with Crippen LogP contribution < -0.4 is 25.7 Å². The average molecular weight is 474 g/mol. The van der Waals surface area contributed by atoms with Crippen LogP contribution in [0.1, 0.15) is 12.5 Å². The summed E-state index contributed by atoms with van der Waals surface area (Å²) in [5.74, 6) is 1.40. The highest BCUT2D eigenvalue weighted by Crippen LogP contribution is 2.38. The lowest BCUT2D eigenvalue weighted by molar-refractivity contribution is -0.123. The van der Waals surface area contributed by atoms with E-state index in [1.165, 1.54) is 11.3 Å². The Balaban J connectivity index is 1.35. The Hall–Kier alpha value is -4.18. The quantitative estimate of drug-likeness (QED) is 0.392. The van der Waals surface area contributed by atoms with Gasteiger partial charge in [0.25, 0.3) is 11.5 Å². The SMILES string of the molecule is CC1(c2ccc(-c3nc4cc(-c5ccc6c(c5)OCCO6)sc4c(=O)[nH]3)cc2)NC(=O)NC1=O. The fourth-order valence-electron chi connectivity index (χ4n) is 4.12. The van der Waals surface area contributed by atoms with E-state index in [4.69, 9.17) is 9.47 Å². The predicted octanol–water partition coefficient (Wildman–Crippen LogP) is 3.14. The maximum absolute atomic E-state index is 12.8. The highest BCUT2D eigenvalue weighted by Gasteiger charge is 2.43. The molecule has 9 nitrogen and oxygen atoms in total. The first-order valence-corrected chi connectivity index (χ1v) is 11.4. The second-order valence-corrected chi connectivity index (χ2v) is 9.26. The van der Waals surface area contributed by atoms with Crippen LogP contribution in [-0.2, 0) is 10.3 Å². The number of carbonyl (C=O) groups is 2. The Morgan fingerprint density at radius 3 is 2.41 bits per heavy atom. The molecule has 4 aromatic rings. The molecule has 1 saturated heterocycles. The van der Waals surface area contributed by atoms with Gasteiger partial charge in [-0.05, 0) is 42.3 Å². The van der Waals surface area contributed by atoms with E-state index in [1.807, 2.05) is 24.3 Å². The molecule has 2 aromatic carbocycles. The van der Waals surface area contributed by atoms with Gasteiger partial charge < -0.3 is 19.8 Å². The fourth-order valence-corrected chi connectivity index (χ4v) is 5.11. The first-order chi connectivity index (χ1) is 16.4. The third-order valence-corrected chi connectivity index (χ3v) is 7.16. The van der Waals surface area contributed by atoms with Gasteiger partial charge in [-0.3, -0.25) is 14.9 Å². The van der Waals surface area contributed by atoms with Crippen molar-refractivity contribution in [1.29, 1.82) is 0 Å². The number of hydrogen-bond acceptors (Lipinski definition) is 7. The summed E-state index contributed by atoms with van der Waals surface area (Å²) in [4.78, 5) is 45.0. The number of imide groups is 1. The van der Waals surface area contributed by atoms with Crippen molar-refractivity contribution >= 4 is 33.5 Å². The number of aromatic nitrogens is 2. The number of urea groups is 1. The topological polar surface area (TPSA) is 122 Å². The lowest BCUT2D eigenvalue weighted by atomic mass is 9.91. The number of ether oxygens (including phenoxy) is 2. The van der Waals surface area contributed by atoms with Crippen LogP contribution in [0.15, 0.2) is 53.3 Å². The fraction of sp³-hybridized carbons (Fsp3) is 0.167. The Bertz CT molecular complexity index is 1540. The number of thiophene rings is 1. The van der Waals surface area contributed by atoms with E-state index in [9.17, 15) is 14.4 Å². The van der Waals surface area contributed by atoms with Crippen molar-refractivity contribution in [3.8, 4) is 33.3 Å². The molecule has 4 heterocycles. The van der Waals surface area contributed by atoms with E-state index in [0.717, 1.165) is 10.4 Å². The zero-order valence-electron chi connectivity index (χ0n) is 17.9. The van der Waals surface area contributed by atoms with Crippen LogP contribution in [-0.4, -0.2) is 35.1 Å². The van der Waals surface area contributed by atoms with E-state index in [0.29, 0.717) is 51.9 Å². The summed E-state index contributed by atoms with van der Waals surface area (Å²) in [6, 6.07) is 14.1. The van der Waals surface area contributed by atoms with Gasteiger partial charge in [0, 0.05) is 10.4 Å². The van der Waals surface area contributed by atoms with Gasteiger partial charge in [-0.2, -0.15) is 0 Å². The Morgan fingerprint density at radius 2 is 1.68 bits per heavy atom. The van der Waals surface area contributed by atoms with E-state index in [1.54, 1.807) is 31.2 Å². The number of rotatable bonds is 3. The maximum Gasteiger partial charge on any atom is 0.322 e. The van der Waals surface area contributed by atoms with Gasteiger partial charge in [0.05, 0.1) is 5.52 Å². The summed E-state index contributed by atoms with van der Waals surface area (Å²) in [6.45, 7) is 2.67. The van der Waals surface area contributed by atoms with Gasteiger partial charge in [0.2, 0.25) is 0 Å². The van der Waals surface area contributed by atoms with Crippen LogP contribution in [0, 0.1) is 0 Å². The Morgan fingerprint density at radius 1 is 0.941 bits per heavy atom. The van der Waals surface area contributed by atoms with Crippen molar-refractivity contribution in [3.63, 3.8) is 0 Å². The summed E-state index contributed by atoms with van der Waals surface area (Å²) >= 11 is 1.36. The van der Waals surface area contributed by atoms with E-state index in [-0.39, 0.29) is 5.56 Å². The van der Waals surface area contributed by atoms with E-state index < -0.39 is 17.5 Å². The third kappa shape index (κ3) is 3.22. The van der Waals surface area contributed by atoms with Crippen LogP contribution in [0.4, 0.5) is 4.79 Å². The van der Waals surface area contributed by atoms with Crippen LogP contribution >= 0.6 is 11.3 Å². The van der Waals surface area contributed by atoms with Crippen LogP contribution in [0.2, 0.25) is 0 Å². The van der Waals surface area contributed by atoms with Crippen molar-refractivity contribution in [1.82, 2.24) is 20.6 Å². The third-order valence-electron chi connectivity index (χ3n) is 5.99. The summed E-state index contributed by atoms with van der Waals surface area (Å²) in [5, 5.41) is 4.89. The number of nitrogens with zero attached hydrogens (tertiary/aromatic N) is 1. The van der Waals surface area contributed by atoms with Crippen LogP contribution in [0.5, 0.6) is 11.5 Å². The normalized spacial score (nSPS) is 19.2. The number of hydrogen-bond donors (Lipinski definition) is 3. The second kappa shape index (κ2) is 7.42. The highest BCUT2D eigenvalue weighted by atomic mass is 32.1. The molecule has 1 unspecified atom stereocenters. The smallest absolute Gasteiger partial charge is 0.322 e. The minimum atomic E-state index is -1.15. The van der Waals surface area contributed by atoms with Crippen LogP contribution in [0.3, 0.4) is 0 Å². The van der Waals surface area contributed by atoms with Crippen molar-refractivity contribution in [3.05, 3.63) is 64.4 Å². The molecule has 0 saturated carbocycles. The number of amides is 3. The van der Waals surface area contributed by atoms with Gasteiger partial charge in [-0.15, -0.1) is 11.3 Å². The second-order valence-electron chi connectivity index (χ2n) is 8.21. The number of aromatic amines is 1. The monoisotopic (exact) mass is 474 g/mol. The number of carbonyl (C=O) groups excluding carboxylic acids is 2. The summed E-state index contributed by atoms with van der Waals surface area (Å²) in [6.07, 6.45) is 0. The highest BCUT2D eigenvalue weighted by molar-refractivity contribution is 7.22. The first kappa shape index (κ1) is 20.4. The molecule has 170 valence electrons. The molecule has 0 radical (unpaired) electrons. The van der Waals surface area contributed by atoms with Crippen molar-refractivity contribution in [2.24, 2.45) is 0 Å². The molecule has 3 N–H and O–H groups in total. The van der Waals surface area contributed by atoms with Crippen molar-refractivity contribution in [2.75, 3.05) is 13.2 Å². The van der Waals surface area contributed by atoms with Gasteiger partial charge in [0.15, 0.2) is 11.5 Å². The molecule has 0 bridgehead atoms. The molecule has 10 heteroatoms. The maximum atomic E-state index is 12.8. The molecular formula is C24H18N4O5S. The number of benzene rings is 2. The molecular weight excluding hydrogens is 456 g/mol. The van der Waals surface area contributed by atoms with Gasteiger partial charge in [0.1, 0.15) is 29.3 Å². The lowest BCUT2D eigenvalue weighted by Crippen LogP contribution is -2.40. The summed E-state index contributed by atoms with van der Waals surface area (Å²) < 4.78 is 11.8. The summed E-state index contributed by atoms with van der Waals surface area (Å²) in [5.41, 5.74) is 1.44. The van der Waals surface area contributed by atoms with Gasteiger partial charge in [-0.25, -0.2) is 9.78 Å². The minimum absolute atomic E-state index is 0.229. The number of H-pyrrole nitrogens is 1. The molecule has 2 aromatic heterocycles. The molecule has 0 aliphatic carbocycles. The largest absolute Gasteiger partial charge is 0.486 e. The zero-order chi connectivity index (χ0) is 23.4. The van der Waals surface area contributed by atoms with Crippen molar-refractivity contribution in [2.45, 2.75) is 12.5 Å². The standard InChI is InChI=1S/C24H18N4O5S/c1-24(22(30)27-23(31)28-24)14-5-2-12(3-6-14)20-25-15-11-18(34-19(15)21(29)26-20)13-4-7-16-17(10-13)33-9-8-32-16/h2-7,10-11H,8-9H2,1H3,(H,25,26,29)(H2,27,28,30,31). The lowest BCUT2D eigenvalue weighted by Gasteiger charge is -2.21. The summed E-state index contributed by atoms with van der Waals surface area (Å²) in [7, 11) is 0. The molecule has 2 aliphatic rings. The van der Waals surface area contributed by atoms with Gasteiger partial charge in [-0.1, -0.05) is 24.3 Å². The molecule has 1 atom stereocenters. The molecule has 34 heavy (non-hydrogen) atoms. The number of fused-ring (bicyclic) bond motifs is 2. The van der Waals surface area contributed by atoms with Crippen molar-refractivity contribution < 1.29 is 19.1 Å². The molecule has 2 aliphatic heterocycles. The van der Waals surface area contributed by atoms with Gasteiger partial charge >= 0.3 is 6.03 Å². The molecule has 3 amide bonds. The first-order valence-electron chi connectivity index (χ1n) is 10.6. The molecule has 6 rings (SSSR count).